The number of carbonyl (C=O) groups is 1. The summed E-state index contributed by atoms with van der Waals surface area (Å²) in [7, 11) is 1.93. The summed E-state index contributed by atoms with van der Waals surface area (Å²) >= 11 is 1.43. The molecule has 1 aliphatic heterocycles. The maximum atomic E-state index is 12.5. The molecule has 0 aliphatic carbocycles. The van der Waals surface area contributed by atoms with Gasteiger partial charge in [0.1, 0.15) is 0 Å². The van der Waals surface area contributed by atoms with Crippen molar-refractivity contribution in [2.75, 3.05) is 18.8 Å². The fourth-order valence-corrected chi connectivity index (χ4v) is 3.81. The van der Waals surface area contributed by atoms with E-state index in [1.807, 2.05) is 42.5 Å². The first-order chi connectivity index (χ1) is 11.9. The average molecular weight is 360 g/mol. The molecule has 1 saturated heterocycles. The summed E-state index contributed by atoms with van der Waals surface area (Å²) in [6, 6.07) is 8.19. The molecule has 1 aromatic heterocycles. The number of ether oxygens (including phenoxy) is 1. The van der Waals surface area contributed by atoms with Crippen LogP contribution in [-0.2, 0) is 16.6 Å². The molecule has 0 radical (unpaired) electrons. The van der Waals surface area contributed by atoms with Crippen LogP contribution < -0.4 is 0 Å². The summed E-state index contributed by atoms with van der Waals surface area (Å²) in [6.07, 6.45) is 0.168. The fourth-order valence-electron chi connectivity index (χ4n) is 2.99. The molecule has 1 aliphatic rings. The zero-order chi connectivity index (χ0) is 18.0. The van der Waals surface area contributed by atoms with Gasteiger partial charge in [0.25, 0.3) is 0 Å². The van der Waals surface area contributed by atoms with E-state index in [0.717, 1.165) is 16.5 Å². The van der Waals surface area contributed by atoms with E-state index in [0.29, 0.717) is 18.8 Å². The molecule has 7 heteroatoms. The van der Waals surface area contributed by atoms with Crippen molar-refractivity contribution < 1.29 is 9.53 Å². The molecular formula is C18H24N4O2S. The van der Waals surface area contributed by atoms with Gasteiger partial charge in [0.05, 0.1) is 18.0 Å². The third kappa shape index (κ3) is 4.22. The molecule has 2 aromatic rings. The first kappa shape index (κ1) is 17.9. The zero-order valence-electron chi connectivity index (χ0n) is 15.1. The van der Waals surface area contributed by atoms with Gasteiger partial charge in [-0.2, -0.15) is 0 Å². The molecule has 0 bridgehead atoms. The number of thioether (sulfide) groups is 1. The van der Waals surface area contributed by atoms with Crippen LogP contribution in [0.5, 0.6) is 0 Å². The normalized spacial score (nSPS) is 20.7. The number of amides is 1. The van der Waals surface area contributed by atoms with Crippen LogP contribution in [0.1, 0.15) is 19.4 Å². The minimum absolute atomic E-state index is 0.0840. The maximum Gasteiger partial charge on any atom is 0.233 e. The molecule has 134 valence electrons. The maximum absolute atomic E-state index is 12.5. The van der Waals surface area contributed by atoms with E-state index >= 15 is 0 Å². The lowest BCUT2D eigenvalue weighted by Crippen LogP contribution is -2.48. The Morgan fingerprint density at radius 3 is 2.48 bits per heavy atom. The third-order valence-corrected chi connectivity index (χ3v) is 5.25. The van der Waals surface area contributed by atoms with Gasteiger partial charge in [-0.25, -0.2) is 0 Å². The van der Waals surface area contributed by atoms with E-state index in [2.05, 4.69) is 29.3 Å². The lowest BCUT2D eigenvalue weighted by Gasteiger charge is -2.35. The number of hydrogen-bond donors (Lipinski definition) is 0. The minimum Gasteiger partial charge on any atom is -0.372 e. The monoisotopic (exact) mass is 360 g/mol. The number of aryl methyl sites for hydroxylation is 1. The van der Waals surface area contributed by atoms with Crippen LogP contribution in [0.25, 0.3) is 11.4 Å². The highest BCUT2D eigenvalue weighted by atomic mass is 32.2. The van der Waals surface area contributed by atoms with Crippen molar-refractivity contribution in [1.29, 1.82) is 0 Å². The standard InChI is InChI=1S/C18H24N4O2S/c1-12-5-7-15(8-6-12)17-19-20-18(21(17)4)25-11-16(23)22-9-13(2)24-14(3)10-22/h5-8,13-14H,9-11H2,1-4H3. The topological polar surface area (TPSA) is 60.3 Å². The summed E-state index contributed by atoms with van der Waals surface area (Å²) in [5.74, 6) is 1.29. The van der Waals surface area contributed by atoms with Crippen LogP contribution in [0.3, 0.4) is 0 Å². The van der Waals surface area contributed by atoms with E-state index in [-0.39, 0.29) is 18.1 Å². The lowest BCUT2D eigenvalue weighted by molar-refractivity contribution is -0.140. The Hall–Kier alpha value is -1.86. The molecule has 0 saturated carbocycles. The number of aromatic nitrogens is 3. The second-order valence-electron chi connectivity index (χ2n) is 6.58. The van der Waals surface area contributed by atoms with Gasteiger partial charge in [-0.05, 0) is 20.8 Å². The molecule has 1 aromatic carbocycles. The Morgan fingerprint density at radius 1 is 1.20 bits per heavy atom. The van der Waals surface area contributed by atoms with E-state index in [9.17, 15) is 4.79 Å². The van der Waals surface area contributed by atoms with Crippen molar-refractivity contribution in [3.05, 3.63) is 29.8 Å². The molecule has 25 heavy (non-hydrogen) atoms. The Kier molecular flexibility index (Phi) is 5.44. The fraction of sp³-hybridized carbons (Fsp3) is 0.500. The van der Waals surface area contributed by atoms with Gasteiger partial charge < -0.3 is 14.2 Å². The smallest absolute Gasteiger partial charge is 0.233 e. The van der Waals surface area contributed by atoms with Gasteiger partial charge in [-0.15, -0.1) is 10.2 Å². The quantitative estimate of drug-likeness (QED) is 0.784. The Bertz CT molecular complexity index is 734. The van der Waals surface area contributed by atoms with Crippen molar-refractivity contribution in [2.45, 2.75) is 38.1 Å². The van der Waals surface area contributed by atoms with Crippen molar-refractivity contribution in [3.63, 3.8) is 0 Å². The molecule has 2 unspecified atom stereocenters. The predicted molar refractivity (Wildman–Crippen MR) is 98.5 cm³/mol. The van der Waals surface area contributed by atoms with Crippen molar-refractivity contribution >= 4 is 17.7 Å². The summed E-state index contributed by atoms with van der Waals surface area (Å²) in [6.45, 7) is 7.36. The third-order valence-electron chi connectivity index (χ3n) is 4.24. The Labute approximate surface area is 152 Å². The number of hydrogen-bond acceptors (Lipinski definition) is 5. The predicted octanol–water partition coefficient (Wildman–Crippen LogP) is 2.52. The Balaban J connectivity index is 1.64. The van der Waals surface area contributed by atoms with Crippen molar-refractivity contribution in [3.8, 4) is 11.4 Å². The van der Waals surface area contributed by atoms with Gasteiger partial charge in [0.15, 0.2) is 11.0 Å². The molecule has 2 heterocycles. The van der Waals surface area contributed by atoms with Gasteiger partial charge in [0, 0.05) is 25.7 Å². The minimum atomic E-state index is 0.0840. The molecule has 3 rings (SSSR count). The van der Waals surface area contributed by atoms with E-state index in [4.69, 9.17) is 4.74 Å². The largest absolute Gasteiger partial charge is 0.372 e. The van der Waals surface area contributed by atoms with Gasteiger partial charge >= 0.3 is 0 Å². The molecular weight excluding hydrogens is 336 g/mol. The first-order valence-corrected chi connectivity index (χ1v) is 9.45. The van der Waals surface area contributed by atoms with Crippen LogP contribution in [0.2, 0.25) is 0 Å². The van der Waals surface area contributed by atoms with Crippen LogP contribution in [0.15, 0.2) is 29.4 Å². The molecule has 0 N–H and O–H groups in total. The van der Waals surface area contributed by atoms with Crippen LogP contribution in [-0.4, -0.2) is 56.6 Å². The number of nitrogens with zero attached hydrogens (tertiary/aromatic N) is 4. The van der Waals surface area contributed by atoms with E-state index < -0.39 is 0 Å². The summed E-state index contributed by atoms with van der Waals surface area (Å²) in [4.78, 5) is 14.4. The SMILES string of the molecule is Cc1ccc(-c2nnc(SCC(=O)N3CC(C)OC(C)C3)n2C)cc1. The van der Waals surface area contributed by atoms with Crippen molar-refractivity contribution in [2.24, 2.45) is 7.05 Å². The number of rotatable bonds is 4. The molecule has 6 nitrogen and oxygen atoms in total. The number of morpholine rings is 1. The second kappa shape index (κ2) is 7.58. The first-order valence-electron chi connectivity index (χ1n) is 8.46. The highest BCUT2D eigenvalue weighted by Gasteiger charge is 2.26. The summed E-state index contributed by atoms with van der Waals surface area (Å²) in [5, 5.41) is 9.27. The summed E-state index contributed by atoms with van der Waals surface area (Å²) in [5.41, 5.74) is 2.23. The molecule has 2 atom stereocenters. The van der Waals surface area contributed by atoms with Crippen LogP contribution >= 0.6 is 11.8 Å². The number of benzene rings is 1. The van der Waals surface area contributed by atoms with Gasteiger partial charge in [0.2, 0.25) is 5.91 Å². The second-order valence-corrected chi connectivity index (χ2v) is 7.52. The van der Waals surface area contributed by atoms with Crippen LogP contribution in [0, 0.1) is 6.92 Å². The molecule has 0 spiro atoms. The average Bonchev–Trinajstić information content (AvgIpc) is 2.93. The molecule has 1 amide bonds. The lowest BCUT2D eigenvalue weighted by atomic mass is 10.1. The molecule has 1 fully saturated rings. The van der Waals surface area contributed by atoms with Gasteiger partial charge in [-0.3, -0.25) is 4.79 Å². The van der Waals surface area contributed by atoms with Gasteiger partial charge in [-0.1, -0.05) is 41.6 Å². The Morgan fingerprint density at radius 2 is 1.84 bits per heavy atom. The highest BCUT2D eigenvalue weighted by Crippen LogP contribution is 2.23. The summed E-state index contributed by atoms with van der Waals surface area (Å²) < 4.78 is 7.62. The number of carbonyl (C=O) groups excluding carboxylic acids is 1. The van der Waals surface area contributed by atoms with Crippen molar-refractivity contribution in [1.82, 2.24) is 19.7 Å². The van der Waals surface area contributed by atoms with E-state index in [1.165, 1.54) is 17.3 Å². The highest BCUT2D eigenvalue weighted by molar-refractivity contribution is 7.99. The van der Waals surface area contributed by atoms with E-state index in [1.54, 1.807) is 0 Å². The van der Waals surface area contributed by atoms with Crippen LogP contribution in [0.4, 0.5) is 0 Å². The zero-order valence-corrected chi connectivity index (χ0v) is 15.9.